The predicted octanol–water partition coefficient (Wildman–Crippen LogP) is 2.85. The van der Waals surface area contributed by atoms with Crippen molar-refractivity contribution in [2.45, 2.75) is 38.9 Å². The van der Waals surface area contributed by atoms with Gasteiger partial charge in [0.15, 0.2) is 7.38 Å². The molecule has 0 aromatic carbocycles. The van der Waals surface area contributed by atoms with Gasteiger partial charge >= 0.3 is 0 Å². The minimum Gasteiger partial charge on any atom is -0.167 e. The van der Waals surface area contributed by atoms with Gasteiger partial charge in [0.25, 0.3) is 0 Å². The molecule has 9 heavy (non-hydrogen) atoms. The van der Waals surface area contributed by atoms with E-state index >= 15 is 0 Å². The summed E-state index contributed by atoms with van der Waals surface area (Å²) in [5.41, 5.74) is 0. The van der Waals surface area contributed by atoms with Crippen LogP contribution in [0.4, 0.5) is 0 Å². The Hall–Kier alpha value is 2.14. The van der Waals surface area contributed by atoms with E-state index in [1.807, 2.05) is 0 Å². The maximum Gasteiger partial charge on any atom is 0.155 e. The van der Waals surface area contributed by atoms with Gasteiger partial charge < -0.3 is 0 Å². The molecule has 0 atom stereocenters. The van der Waals surface area contributed by atoms with E-state index in [9.17, 15) is 0 Å². The van der Waals surface area contributed by atoms with Crippen LogP contribution in [0.1, 0.15) is 20.8 Å². The van der Waals surface area contributed by atoms with Gasteiger partial charge in [-0.2, -0.15) is 11.1 Å². The standard InChI is InChI=1S/C6H15ClSi.K/c1-6(2,3)8(4,5)7;/h1-5H3;. The van der Waals surface area contributed by atoms with E-state index in [1.165, 1.54) is 0 Å². The second-order valence-electron chi connectivity index (χ2n) is 3.72. The van der Waals surface area contributed by atoms with Gasteiger partial charge in [0.05, 0.1) is 0 Å². The first-order valence-electron chi connectivity index (χ1n) is 2.94. The smallest absolute Gasteiger partial charge is 0.155 e. The number of hydrogen-bond donors (Lipinski definition) is 0. The van der Waals surface area contributed by atoms with Crippen molar-refractivity contribution < 1.29 is 0 Å². The first-order chi connectivity index (χ1) is 3.25. The molecule has 0 bridgehead atoms. The Bertz CT molecular complexity index is 68.0. The van der Waals surface area contributed by atoms with E-state index in [-0.39, 0.29) is 51.4 Å². The van der Waals surface area contributed by atoms with E-state index in [4.69, 9.17) is 11.1 Å². The average Bonchev–Trinajstić information content (AvgIpc) is 1.25. The summed E-state index contributed by atoms with van der Waals surface area (Å²) in [4.78, 5) is 0. The molecule has 0 unspecified atom stereocenters. The molecule has 3 heteroatoms. The predicted molar refractivity (Wildman–Crippen MR) is 48.8 cm³/mol. The molecule has 0 aromatic heterocycles. The fourth-order valence-corrected chi connectivity index (χ4v) is 0. The molecule has 0 saturated heterocycles. The Morgan fingerprint density at radius 2 is 1.22 bits per heavy atom. The maximum atomic E-state index is 6.15. The summed E-state index contributed by atoms with van der Waals surface area (Å²) in [6, 6.07) is 0. The van der Waals surface area contributed by atoms with Crippen molar-refractivity contribution in [3.8, 4) is 0 Å². The molecule has 0 fully saturated rings. The topological polar surface area (TPSA) is 0 Å². The van der Waals surface area contributed by atoms with Gasteiger partial charge in [0.1, 0.15) is 0 Å². The van der Waals surface area contributed by atoms with Crippen LogP contribution in [-0.2, 0) is 0 Å². The van der Waals surface area contributed by atoms with Gasteiger partial charge in [0.2, 0.25) is 0 Å². The summed E-state index contributed by atoms with van der Waals surface area (Å²) in [5, 5.41) is 0.342. The number of hydrogen-bond acceptors (Lipinski definition) is 0. The molecule has 0 aliphatic heterocycles. The Labute approximate surface area is 107 Å². The van der Waals surface area contributed by atoms with Crippen LogP contribution in [0.15, 0.2) is 0 Å². The van der Waals surface area contributed by atoms with Crippen molar-refractivity contribution in [2.75, 3.05) is 0 Å². The van der Waals surface area contributed by atoms with Gasteiger partial charge in [-0.05, 0) is 5.04 Å². The van der Waals surface area contributed by atoms with Crippen molar-refractivity contribution >= 4 is 69.8 Å². The zero-order chi connectivity index (χ0) is 7.00. The zero-order valence-electron chi connectivity index (χ0n) is 7.38. The summed E-state index contributed by atoms with van der Waals surface area (Å²) in [6.45, 7) is 11.0. The SMILES string of the molecule is CC(C)(C)[Si](C)(C)Cl.[K]. The van der Waals surface area contributed by atoms with Crippen LogP contribution in [0.2, 0.25) is 18.1 Å². The van der Waals surface area contributed by atoms with Crippen molar-refractivity contribution in [1.29, 1.82) is 0 Å². The molecular formula is C6H15ClKSi. The van der Waals surface area contributed by atoms with Crippen molar-refractivity contribution in [3.63, 3.8) is 0 Å². The van der Waals surface area contributed by atoms with E-state index in [0.29, 0.717) is 5.04 Å². The van der Waals surface area contributed by atoms with E-state index < -0.39 is 7.38 Å². The summed E-state index contributed by atoms with van der Waals surface area (Å²) in [5.74, 6) is 0. The Morgan fingerprint density at radius 3 is 1.22 bits per heavy atom. The van der Waals surface area contributed by atoms with Crippen molar-refractivity contribution in [3.05, 3.63) is 0 Å². The molecule has 51 valence electrons. The molecule has 0 aliphatic carbocycles. The quantitative estimate of drug-likeness (QED) is 0.406. The fourth-order valence-electron chi connectivity index (χ4n) is 0. The van der Waals surface area contributed by atoms with Crippen LogP contribution in [0, 0.1) is 0 Å². The molecular weight excluding hydrogens is 175 g/mol. The van der Waals surface area contributed by atoms with Crippen molar-refractivity contribution in [2.24, 2.45) is 0 Å². The summed E-state index contributed by atoms with van der Waals surface area (Å²) in [6.07, 6.45) is 0. The van der Waals surface area contributed by atoms with Gasteiger partial charge in [-0.25, -0.2) is 0 Å². The Balaban J connectivity index is 0. The third-order valence-corrected chi connectivity index (χ3v) is 7.05. The van der Waals surface area contributed by atoms with Crippen LogP contribution in [0.3, 0.4) is 0 Å². The largest absolute Gasteiger partial charge is 0.167 e. The first kappa shape index (κ1) is 13.7. The normalized spacial score (nSPS) is 12.7. The molecule has 0 aliphatic rings. The molecule has 0 aromatic rings. The summed E-state index contributed by atoms with van der Waals surface area (Å²) >= 11 is 6.15. The molecule has 0 spiro atoms. The maximum absolute atomic E-state index is 6.15. The van der Waals surface area contributed by atoms with Gasteiger partial charge in [0, 0.05) is 51.4 Å². The molecule has 0 rings (SSSR count). The first-order valence-corrected chi connectivity index (χ1v) is 6.95. The number of halogens is 1. The fraction of sp³-hybridized carbons (Fsp3) is 1.00. The second-order valence-corrected chi connectivity index (χ2v) is 11.0. The minimum absolute atomic E-state index is 0. The van der Waals surface area contributed by atoms with Crippen LogP contribution in [0.25, 0.3) is 0 Å². The van der Waals surface area contributed by atoms with Crippen molar-refractivity contribution in [1.82, 2.24) is 0 Å². The molecule has 1 radical (unpaired) electrons. The van der Waals surface area contributed by atoms with Crippen LogP contribution >= 0.6 is 11.1 Å². The summed E-state index contributed by atoms with van der Waals surface area (Å²) < 4.78 is 0. The molecule has 0 amide bonds. The molecule has 0 N–H and O–H groups in total. The van der Waals surface area contributed by atoms with E-state index in [0.717, 1.165) is 0 Å². The average molecular weight is 190 g/mol. The van der Waals surface area contributed by atoms with Gasteiger partial charge in [-0.1, -0.05) is 33.9 Å². The Kier molecular flexibility index (Phi) is 6.46. The molecule has 0 heterocycles. The second kappa shape index (κ2) is 4.24. The van der Waals surface area contributed by atoms with Crippen LogP contribution in [0.5, 0.6) is 0 Å². The monoisotopic (exact) mass is 189 g/mol. The number of rotatable bonds is 0. The Morgan fingerprint density at radius 1 is 1.11 bits per heavy atom. The zero-order valence-corrected chi connectivity index (χ0v) is 12.3. The van der Waals surface area contributed by atoms with Crippen LogP contribution in [-0.4, -0.2) is 58.8 Å². The van der Waals surface area contributed by atoms with E-state index in [2.05, 4.69) is 33.9 Å². The van der Waals surface area contributed by atoms with E-state index in [1.54, 1.807) is 0 Å². The third-order valence-electron chi connectivity index (χ3n) is 1.78. The van der Waals surface area contributed by atoms with Gasteiger partial charge in [-0.15, -0.1) is 0 Å². The minimum atomic E-state index is -1.39. The summed E-state index contributed by atoms with van der Waals surface area (Å²) in [7, 11) is -1.39. The van der Waals surface area contributed by atoms with Crippen LogP contribution < -0.4 is 0 Å². The third kappa shape index (κ3) is 5.42. The molecule has 0 nitrogen and oxygen atoms in total. The van der Waals surface area contributed by atoms with Gasteiger partial charge in [-0.3, -0.25) is 0 Å². The molecule has 0 saturated carbocycles.